The molecule has 0 spiro atoms. The van der Waals surface area contributed by atoms with E-state index in [0.717, 1.165) is 28.5 Å². The van der Waals surface area contributed by atoms with Crippen molar-refractivity contribution >= 4 is 32.6 Å². The summed E-state index contributed by atoms with van der Waals surface area (Å²) in [5.41, 5.74) is 9.02. The SMILES string of the molecule is COC(=O)c1cc(C(C)OC(C)C)c(C)cc1N.Cc1cc2[nH]c(=O)n(NS(C)(=O)=O)c(=O)c2cc1C(C)OC(C)C. The number of rotatable bonds is 9. The lowest BCUT2D eigenvalue weighted by Crippen LogP contribution is -2.43. The number of hydrogen-bond acceptors (Lipinski definition) is 9. The van der Waals surface area contributed by atoms with Crippen molar-refractivity contribution < 1.29 is 27.4 Å². The number of methoxy groups -OCH3 is 1. The first-order valence-electron chi connectivity index (χ1n) is 13.4. The third-order valence-electron chi connectivity index (χ3n) is 6.21. The highest BCUT2D eigenvalue weighted by atomic mass is 32.2. The molecule has 1 heterocycles. The van der Waals surface area contributed by atoms with Gasteiger partial charge in [-0.3, -0.25) is 4.79 Å². The number of nitrogens with zero attached hydrogens (tertiary/aromatic N) is 1. The van der Waals surface area contributed by atoms with Crippen LogP contribution >= 0.6 is 0 Å². The average molecular weight is 607 g/mol. The summed E-state index contributed by atoms with van der Waals surface area (Å²) < 4.78 is 39.3. The van der Waals surface area contributed by atoms with Crippen molar-refractivity contribution in [1.29, 1.82) is 0 Å². The lowest BCUT2D eigenvalue weighted by atomic mass is 9.99. The van der Waals surface area contributed by atoms with Gasteiger partial charge in [-0.25, -0.2) is 22.8 Å². The van der Waals surface area contributed by atoms with E-state index < -0.39 is 27.2 Å². The number of hydrogen-bond donors (Lipinski definition) is 3. The average Bonchev–Trinajstić information content (AvgIpc) is 2.84. The molecule has 1 aromatic heterocycles. The van der Waals surface area contributed by atoms with Crippen molar-refractivity contribution in [2.24, 2.45) is 0 Å². The van der Waals surface area contributed by atoms with E-state index in [4.69, 9.17) is 19.9 Å². The number of aromatic nitrogens is 2. The van der Waals surface area contributed by atoms with Crippen LogP contribution in [0.4, 0.5) is 5.69 Å². The van der Waals surface area contributed by atoms with E-state index in [1.807, 2.05) is 60.2 Å². The molecule has 2 atom stereocenters. The second kappa shape index (κ2) is 14.0. The van der Waals surface area contributed by atoms with Crippen LogP contribution in [0.5, 0.6) is 0 Å². The Labute approximate surface area is 246 Å². The molecule has 232 valence electrons. The van der Waals surface area contributed by atoms with Crippen molar-refractivity contribution in [3.8, 4) is 0 Å². The zero-order chi connectivity index (χ0) is 32.1. The van der Waals surface area contributed by atoms with Gasteiger partial charge in [-0.15, -0.1) is 0 Å². The molecular formula is C29H42N4O8S. The highest BCUT2D eigenvalue weighted by molar-refractivity contribution is 7.91. The Morgan fingerprint density at radius 2 is 1.40 bits per heavy atom. The number of benzene rings is 2. The van der Waals surface area contributed by atoms with Crippen LogP contribution in [0.15, 0.2) is 33.9 Å². The summed E-state index contributed by atoms with van der Waals surface area (Å²) in [6.45, 7) is 15.4. The standard InChI is InChI=1S/C15H21N3O5S.C14H21NO3/c1-8(2)23-10(4)11-7-12-13(6-9(11)3)16-15(20)18(14(12)19)17-24(5,21)22;1-8(2)18-10(4)11-7-12(14(16)17-5)13(15)6-9(11)3/h6-8,10,17H,1-5H3,(H,16,20);6-8,10H,15H2,1-5H3. The quantitative estimate of drug-likeness (QED) is 0.242. The molecule has 0 fully saturated rings. The Morgan fingerprint density at radius 1 is 0.905 bits per heavy atom. The van der Waals surface area contributed by atoms with E-state index >= 15 is 0 Å². The van der Waals surface area contributed by atoms with Crippen molar-refractivity contribution in [1.82, 2.24) is 9.66 Å². The number of aryl methyl sites for hydroxylation is 2. The number of esters is 1. The highest BCUT2D eigenvalue weighted by Gasteiger charge is 2.18. The summed E-state index contributed by atoms with van der Waals surface area (Å²) in [5.74, 6) is -0.425. The Kier molecular flexibility index (Phi) is 11.5. The summed E-state index contributed by atoms with van der Waals surface area (Å²) in [6, 6.07) is 6.83. The second-order valence-corrected chi connectivity index (χ2v) is 12.4. The second-order valence-electron chi connectivity index (χ2n) is 10.6. The van der Waals surface area contributed by atoms with Crippen LogP contribution in [0.3, 0.4) is 0 Å². The molecule has 2 unspecified atom stereocenters. The van der Waals surface area contributed by atoms with Gasteiger partial charge in [0, 0.05) is 5.69 Å². The number of nitrogens with one attached hydrogen (secondary N) is 2. The third-order valence-corrected chi connectivity index (χ3v) is 6.73. The number of ether oxygens (including phenoxy) is 3. The van der Waals surface area contributed by atoms with E-state index in [2.05, 4.69) is 4.98 Å². The zero-order valence-electron chi connectivity index (χ0n) is 25.8. The number of fused-ring (bicyclic) bond motifs is 1. The smallest absolute Gasteiger partial charge is 0.348 e. The van der Waals surface area contributed by atoms with Crippen molar-refractivity contribution in [2.45, 2.75) is 79.8 Å². The molecule has 13 heteroatoms. The van der Waals surface area contributed by atoms with Gasteiger partial charge in [-0.1, -0.05) is 0 Å². The Hall–Kier alpha value is -3.68. The predicted molar refractivity (Wildman–Crippen MR) is 164 cm³/mol. The lowest BCUT2D eigenvalue weighted by Gasteiger charge is -2.19. The molecule has 2 aromatic carbocycles. The summed E-state index contributed by atoms with van der Waals surface area (Å²) in [5, 5.41) is 0.200. The van der Waals surface area contributed by atoms with E-state index in [1.54, 1.807) is 24.3 Å². The Morgan fingerprint density at radius 3 is 1.88 bits per heavy atom. The van der Waals surface area contributed by atoms with Crippen LogP contribution in [0.25, 0.3) is 10.9 Å². The maximum Gasteiger partial charge on any atom is 0.348 e. The molecular weight excluding hydrogens is 564 g/mol. The van der Waals surface area contributed by atoms with Crippen LogP contribution < -0.4 is 21.8 Å². The molecule has 3 aromatic rings. The Balaban J connectivity index is 0.000000307. The molecule has 0 amide bonds. The molecule has 0 saturated carbocycles. The normalized spacial score (nSPS) is 13.0. The predicted octanol–water partition coefficient (Wildman–Crippen LogP) is 3.84. The monoisotopic (exact) mass is 606 g/mol. The fourth-order valence-corrected chi connectivity index (χ4v) is 5.01. The number of nitrogens with two attached hydrogens (primary N) is 1. The number of aromatic amines is 1. The van der Waals surface area contributed by atoms with Gasteiger partial charge >= 0.3 is 11.7 Å². The first-order chi connectivity index (χ1) is 19.4. The molecule has 0 bridgehead atoms. The van der Waals surface area contributed by atoms with Crippen molar-refractivity contribution in [3.05, 3.63) is 72.9 Å². The molecule has 0 aliphatic heterocycles. The third kappa shape index (κ3) is 8.91. The van der Waals surface area contributed by atoms with Gasteiger partial charge in [0.1, 0.15) is 0 Å². The van der Waals surface area contributed by atoms with Gasteiger partial charge in [-0.05, 0) is 102 Å². The number of H-pyrrole nitrogens is 1. The van der Waals surface area contributed by atoms with Crippen LogP contribution in [0.1, 0.15) is 86.4 Å². The molecule has 0 saturated heterocycles. The van der Waals surface area contributed by atoms with E-state index in [1.165, 1.54) is 7.11 Å². The number of sulfonamides is 1. The summed E-state index contributed by atoms with van der Waals surface area (Å²) in [4.78, 5) is 40.5. The van der Waals surface area contributed by atoms with Gasteiger partial charge in [0.2, 0.25) is 10.0 Å². The largest absolute Gasteiger partial charge is 0.465 e. The van der Waals surface area contributed by atoms with E-state index in [9.17, 15) is 22.8 Å². The van der Waals surface area contributed by atoms with Gasteiger partial charge in [0.05, 0.1) is 54.2 Å². The molecule has 4 N–H and O–H groups in total. The minimum Gasteiger partial charge on any atom is -0.465 e. The Bertz CT molecular complexity index is 1660. The molecule has 0 radical (unpaired) electrons. The maximum absolute atomic E-state index is 12.5. The fraction of sp³-hybridized carbons (Fsp3) is 0.483. The van der Waals surface area contributed by atoms with Crippen LogP contribution in [0, 0.1) is 13.8 Å². The number of nitrogen functional groups attached to an aromatic ring is 1. The number of carbonyl (C=O) groups excluding carboxylic acids is 1. The van der Waals surface area contributed by atoms with Gasteiger partial charge in [0.15, 0.2) is 0 Å². The molecule has 3 rings (SSSR count). The van der Waals surface area contributed by atoms with Crippen LogP contribution in [-0.2, 0) is 24.2 Å². The summed E-state index contributed by atoms with van der Waals surface area (Å²) in [7, 11) is -2.43. The minimum atomic E-state index is -3.77. The zero-order valence-corrected chi connectivity index (χ0v) is 26.6. The maximum atomic E-state index is 12.5. The molecule has 42 heavy (non-hydrogen) atoms. The summed E-state index contributed by atoms with van der Waals surface area (Å²) >= 11 is 0. The highest BCUT2D eigenvalue weighted by Crippen LogP contribution is 2.27. The summed E-state index contributed by atoms with van der Waals surface area (Å²) in [6.07, 6.45) is 0.654. The number of carbonyl (C=O) groups is 1. The lowest BCUT2D eigenvalue weighted by molar-refractivity contribution is 0.0172. The van der Waals surface area contributed by atoms with Crippen molar-refractivity contribution in [3.63, 3.8) is 0 Å². The first kappa shape index (κ1) is 34.5. The van der Waals surface area contributed by atoms with Gasteiger partial charge in [0.25, 0.3) is 5.56 Å². The minimum absolute atomic E-state index is 0.00855. The van der Waals surface area contributed by atoms with Crippen LogP contribution in [0.2, 0.25) is 0 Å². The fourth-order valence-electron chi connectivity index (χ4n) is 4.51. The van der Waals surface area contributed by atoms with Gasteiger partial charge in [-0.2, -0.15) is 4.68 Å². The van der Waals surface area contributed by atoms with E-state index in [0.29, 0.717) is 21.4 Å². The van der Waals surface area contributed by atoms with Gasteiger partial charge < -0.3 is 24.9 Å². The molecule has 0 aliphatic carbocycles. The first-order valence-corrected chi connectivity index (χ1v) is 15.3. The number of anilines is 1. The van der Waals surface area contributed by atoms with Crippen LogP contribution in [-0.4, -0.2) is 49.6 Å². The van der Waals surface area contributed by atoms with E-state index in [-0.39, 0.29) is 29.8 Å². The van der Waals surface area contributed by atoms with Crippen molar-refractivity contribution in [2.75, 3.05) is 23.9 Å². The topological polar surface area (TPSA) is 172 Å². The molecule has 12 nitrogen and oxygen atoms in total. The molecule has 0 aliphatic rings.